The summed E-state index contributed by atoms with van der Waals surface area (Å²) in [5, 5.41) is 0. The first kappa shape index (κ1) is 16.9. The van der Waals surface area contributed by atoms with Crippen molar-refractivity contribution in [3.8, 4) is 0 Å². The quantitative estimate of drug-likeness (QED) is 0.902. The van der Waals surface area contributed by atoms with Gasteiger partial charge in [0.2, 0.25) is 0 Å². The predicted molar refractivity (Wildman–Crippen MR) is 88.8 cm³/mol. The molecule has 0 aliphatic carbocycles. The predicted octanol–water partition coefficient (Wildman–Crippen LogP) is 3.00. The molecule has 1 aromatic carbocycles. The van der Waals surface area contributed by atoms with Crippen LogP contribution in [-0.4, -0.2) is 48.1 Å². The van der Waals surface area contributed by atoms with Crippen molar-refractivity contribution < 1.29 is 4.39 Å². The van der Waals surface area contributed by atoms with Crippen molar-refractivity contribution in [2.24, 2.45) is 5.73 Å². The van der Waals surface area contributed by atoms with Gasteiger partial charge in [-0.05, 0) is 54.4 Å². The summed E-state index contributed by atoms with van der Waals surface area (Å²) in [5.41, 5.74) is 7.27. The third-order valence-corrected chi connectivity index (χ3v) is 4.86. The van der Waals surface area contributed by atoms with Gasteiger partial charge in [-0.25, -0.2) is 4.39 Å². The molecule has 0 saturated carbocycles. The van der Waals surface area contributed by atoms with Crippen LogP contribution in [0, 0.1) is 5.82 Å². The minimum Gasteiger partial charge on any atom is -0.329 e. The molecule has 5 heteroatoms. The van der Waals surface area contributed by atoms with Crippen LogP contribution in [0.2, 0.25) is 0 Å². The number of nitrogens with zero attached hydrogens (tertiary/aromatic N) is 2. The second-order valence-electron chi connectivity index (χ2n) is 6.62. The third-order valence-electron chi connectivity index (χ3n) is 4.26. The number of nitrogens with two attached hydrogens (primary N) is 1. The Morgan fingerprint density at radius 1 is 1.24 bits per heavy atom. The first-order chi connectivity index (χ1) is 9.82. The molecule has 1 aliphatic rings. The van der Waals surface area contributed by atoms with Crippen molar-refractivity contribution >= 4 is 15.9 Å². The summed E-state index contributed by atoms with van der Waals surface area (Å²) in [7, 11) is 0. The topological polar surface area (TPSA) is 32.5 Å². The normalized spacial score (nSPS) is 19.7. The Kier molecular flexibility index (Phi) is 5.41. The second-order valence-corrected chi connectivity index (χ2v) is 7.47. The smallest absolute Gasteiger partial charge is 0.137 e. The van der Waals surface area contributed by atoms with E-state index in [0.717, 1.165) is 31.7 Å². The van der Waals surface area contributed by atoms with Crippen LogP contribution in [0.3, 0.4) is 0 Å². The lowest BCUT2D eigenvalue weighted by Crippen LogP contribution is -2.54. The molecule has 21 heavy (non-hydrogen) atoms. The van der Waals surface area contributed by atoms with E-state index in [-0.39, 0.29) is 17.4 Å². The minimum atomic E-state index is -0.230. The lowest BCUT2D eigenvalue weighted by Gasteiger charge is -2.44. The molecular weight excluding hydrogens is 333 g/mol. The van der Waals surface area contributed by atoms with Crippen LogP contribution in [0.15, 0.2) is 22.7 Å². The van der Waals surface area contributed by atoms with E-state index >= 15 is 0 Å². The highest BCUT2D eigenvalue weighted by molar-refractivity contribution is 9.10. The highest BCUT2D eigenvalue weighted by Gasteiger charge is 2.29. The molecule has 2 N–H and O–H groups in total. The number of hydrogen-bond donors (Lipinski definition) is 1. The van der Waals surface area contributed by atoms with Crippen molar-refractivity contribution in [2.45, 2.75) is 32.4 Å². The van der Waals surface area contributed by atoms with Crippen molar-refractivity contribution in [1.29, 1.82) is 0 Å². The molecule has 0 bridgehead atoms. The van der Waals surface area contributed by atoms with Gasteiger partial charge >= 0.3 is 0 Å². The fraction of sp³-hybridized carbons (Fsp3) is 0.625. The third kappa shape index (κ3) is 4.03. The Balaban J connectivity index is 2.07. The first-order valence-electron chi connectivity index (χ1n) is 7.47. The molecule has 1 unspecified atom stereocenters. The Bertz CT molecular complexity index is 479. The molecular formula is C16H25BrFN3. The number of piperazine rings is 1. The van der Waals surface area contributed by atoms with Crippen LogP contribution < -0.4 is 5.73 Å². The average molecular weight is 358 g/mol. The molecule has 1 aliphatic heterocycles. The number of halogens is 2. The summed E-state index contributed by atoms with van der Waals surface area (Å²) in [6.45, 7) is 11.4. The maximum Gasteiger partial charge on any atom is 0.137 e. The molecule has 1 saturated heterocycles. The molecule has 0 amide bonds. The highest BCUT2D eigenvalue weighted by Crippen LogP contribution is 2.27. The van der Waals surface area contributed by atoms with Gasteiger partial charge in [0.05, 0.1) is 4.47 Å². The van der Waals surface area contributed by atoms with E-state index in [1.54, 1.807) is 0 Å². The Hall–Kier alpha value is -0.490. The van der Waals surface area contributed by atoms with Crippen LogP contribution in [0.5, 0.6) is 0 Å². The Morgan fingerprint density at radius 3 is 2.33 bits per heavy atom. The van der Waals surface area contributed by atoms with Crippen LogP contribution in [0.1, 0.15) is 32.4 Å². The summed E-state index contributed by atoms with van der Waals surface area (Å²) in [6, 6.07) is 5.36. The fourth-order valence-electron chi connectivity index (χ4n) is 2.92. The van der Waals surface area contributed by atoms with Gasteiger partial charge in [0.25, 0.3) is 0 Å². The standard InChI is InChI=1S/C16H25BrFN3/c1-16(2,3)21-8-6-20(7-9-21)15(11-19)12-4-5-14(18)13(17)10-12/h4-5,10,15H,6-9,11,19H2,1-3H3. The van der Waals surface area contributed by atoms with Crippen LogP contribution in [0.4, 0.5) is 4.39 Å². The molecule has 1 atom stereocenters. The van der Waals surface area contributed by atoms with Gasteiger partial charge in [-0.2, -0.15) is 0 Å². The van der Waals surface area contributed by atoms with Gasteiger partial charge in [-0.1, -0.05) is 6.07 Å². The van der Waals surface area contributed by atoms with Gasteiger partial charge in [0.1, 0.15) is 5.82 Å². The zero-order valence-electron chi connectivity index (χ0n) is 13.1. The monoisotopic (exact) mass is 357 g/mol. The Morgan fingerprint density at radius 2 is 1.86 bits per heavy atom. The lowest BCUT2D eigenvalue weighted by atomic mass is 10.0. The minimum absolute atomic E-state index is 0.156. The van der Waals surface area contributed by atoms with Gasteiger partial charge < -0.3 is 5.73 Å². The SMILES string of the molecule is CC(C)(C)N1CCN(C(CN)c2ccc(F)c(Br)c2)CC1. The molecule has 0 aromatic heterocycles. The van der Waals surface area contributed by atoms with Crippen molar-refractivity contribution in [3.63, 3.8) is 0 Å². The van der Waals surface area contributed by atoms with Crippen molar-refractivity contribution in [2.75, 3.05) is 32.7 Å². The first-order valence-corrected chi connectivity index (χ1v) is 8.26. The number of rotatable bonds is 3. The van der Waals surface area contributed by atoms with Crippen molar-refractivity contribution in [3.05, 3.63) is 34.1 Å². The van der Waals surface area contributed by atoms with Crippen LogP contribution >= 0.6 is 15.9 Å². The van der Waals surface area contributed by atoms with Crippen LogP contribution in [-0.2, 0) is 0 Å². The molecule has 1 aromatic rings. The zero-order chi connectivity index (χ0) is 15.6. The zero-order valence-corrected chi connectivity index (χ0v) is 14.7. The van der Waals surface area contributed by atoms with E-state index in [4.69, 9.17) is 5.73 Å². The second kappa shape index (κ2) is 6.73. The maximum absolute atomic E-state index is 13.4. The lowest BCUT2D eigenvalue weighted by molar-refractivity contribution is 0.0433. The summed E-state index contributed by atoms with van der Waals surface area (Å²) < 4.78 is 13.9. The van der Waals surface area contributed by atoms with E-state index < -0.39 is 0 Å². The summed E-state index contributed by atoms with van der Waals surface area (Å²) in [4.78, 5) is 4.90. The highest BCUT2D eigenvalue weighted by atomic mass is 79.9. The van der Waals surface area contributed by atoms with E-state index in [1.807, 2.05) is 12.1 Å². The van der Waals surface area contributed by atoms with E-state index in [1.165, 1.54) is 6.07 Å². The van der Waals surface area contributed by atoms with E-state index in [2.05, 4.69) is 46.5 Å². The van der Waals surface area contributed by atoms with E-state index in [0.29, 0.717) is 11.0 Å². The molecule has 2 rings (SSSR count). The molecule has 0 radical (unpaired) electrons. The Labute approximate surface area is 135 Å². The van der Waals surface area contributed by atoms with E-state index in [9.17, 15) is 4.39 Å². The molecule has 118 valence electrons. The van der Waals surface area contributed by atoms with Gasteiger partial charge in [-0.3, -0.25) is 9.80 Å². The molecule has 1 heterocycles. The van der Waals surface area contributed by atoms with Gasteiger partial charge in [0.15, 0.2) is 0 Å². The fourth-order valence-corrected chi connectivity index (χ4v) is 3.32. The van der Waals surface area contributed by atoms with Gasteiger partial charge in [0, 0.05) is 44.3 Å². The maximum atomic E-state index is 13.4. The number of benzene rings is 1. The summed E-state index contributed by atoms with van der Waals surface area (Å²) in [5.74, 6) is -0.230. The summed E-state index contributed by atoms with van der Waals surface area (Å²) >= 11 is 3.26. The van der Waals surface area contributed by atoms with Crippen molar-refractivity contribution in [1.82, 2.24) is 9.80 Å². The molecule has 1 fully saturated rings. The number of hydrogen-bond acceptors (Lipinski definition) is 3. The average Bonchev–Trinajstić information content (AvgIpc) is 2.43. The van der Waals surface area contributed by atoms with Gasteiger partial charge in [-0.15, -0.1) is 0 Å². The van der Waals surface area contributed by atoms with Crippen LogP contribution in [0.25, 0.3) is 0 Å². The molecule has 3 nitrogen and oxygen atoms in total. The summed E-state index contributed by atoms with van der Waals surface area (Å²) in [6.07, 6.45) is 0. The molecule has 0 spiro atoms. The largest absolute Gasteiger partial charge is 0.329 e.